The third-order valence-electron chi connectivity index (χ3n) is 8.43. The van der Waals surface area contributed by atoms with Gasteiger partial charge in [-0.1, -0.05) is 69.0 Å². The minimum Gasteiger partial charge on any atom is -0.457 e. The Bertz CT molecular complexity index is 1060. The highest BCUT2D eigenvalue weighted by Gasteiger charge is 2.68. The second kappa shape index (κ2) is 9.98. The second-order valence-corrected chi connectivity index (χ2v) is 11.3. The van der Waals surface area contributed by atoms with Crippen molar-refractivity contribution >= 4 is 11.9 Å². The number of aliphatic hydroxyl groups is 2. The predicted molar refractivity (Wildman–Crippen MR) is 139 cm³/mol. The molecule has 36 heavy (non-hydrogen) atoms. The number of carbonyl (C=O) groups is 2. The van der Waals surface area contributed by atoms with Crippen molar-refractivity contribution in [1.29, 1.82) is 0 Å². The van der Waals surface area contributed by atoms with Crippen LogP contribution in [0, 0.1) is 29.1 Å². The van der Waals surface area contributed by atoms with Gasteiger partial charge in [-0.05, 0) is 55.2 Å². The topological polar surface area (TPSA) is 95.9 Å². The molecule has 0 bridgehead atoms. The van der Waals surface area contributed by atoms with Gasteiger partial charge in [-0.15, -0.1) is 0 Å². The van der Waals surface area contributed by atoms with Crippen LogP contribution in [0.3, 0.4) is 0 Å². The summed E-state index contributed by atoms with van der Waals surface area (Å²) >= 11 is 0. The molecule has 4 rings (SSSR count). The van der Waals surface area contributed by atoms with Gasteiger partial charge in [0.25, 0.3) is 0 Å². The zero-order valence-electron chi connectivity index (χ0n) is 21.7. The summed E-state index contributed by atoms with van der Waals surface area (Å²) in [6.45, 7) is 11.3. The van der Waals surface area contributed by atoms with Crippen LogP contribution >= 0.6 is 0 Å². The summed E-state index contributed by atoms with van der Waals surface area (Å²) < 4.78 is 5.89. The van der Waals surface area contributed by atoms with Crippen molar-refractivity contribution in [3.05, 3.63) is 72.4 Å². The molecule has 2 aliphatic carbocycles. The molecule has 1 heterocycles. The molecule has 1 unspecified atom stereocenters. The van der Waals surface area contributed by atoms with Gasteiger partial charge < -0.3 is 20.3 Å². The standard InChI is InChI=1S/C30H39NO5/c1-18-10-9-13-23-27(33)20(3)19(2)26-24(16-22-11-7-6-8-12-22)31-28(34)30(23,26)25(36-21(4)32)14-15-29(5,35)17-18/h6-9,11-15,18-19,23-27,33,35H,3,10,16-17H2,1-2,4-5H3,(H,31,34)/b13-9+,15-14?/t18?,19-,23+,24+,25-,26+,27-,29+,30-/m1/s1. The monoisotopic (exact) mass is 493 g/mol. The molecule has 1 saturated carbocycles. The van der Waals surface area contributed by atoms with Gasteiger partial charge in [0.1, 0.15) is 11.5 Å². The van der Waals surface area contributed by atoms with Gasteiger partial charge in [0.15, 0.2) is 0 Å². The van der Waals surface area contributed by atoms with Crippen LogP contribution in [0.5, 0.6) is 0 Å². The fraction of sp³-hybridized carbons (Fsp3) is 0.533. The van der Waals surface area contributed by atoms with Crippen molar-refractivity contribution in [3.63, 3.8) is 0 Å². The fourth-order valence-corrected chi connectivity index (χ4v) is 6.90. The van der Waals surface area contributed by atoms with Gasteiger partial charge in [0.2, 0.25) is 5.91 Å². The van der Waals surface area contributed by atoms with Crippen LogP contribution in [0.1, 0.15) is 46.1 Å². The first-order valence-corrected chi connectivity index (χ1v) is 12.9. The van der Waals surface area contributed by atoms with Gasteiger partial charge >= 0.3 is 5.97 Å². The third kappa shape index (κ3) is 4.69. The second-order valence-electron chi connectivity index (χ2n) is 11.3. The smallest absolute Gasteiger partial charge is 0.303 e. The molecule has 1 aromatic carbocycles. The normalized spacial score (nSPS) is 41.4. The molecule has 6 heteroatoms. The van der Waals surface area contributed by atoms with Crippen molar-refractivity contribution < 1.29 is 24.5 Å². The molecule has 1 saturated heterocycles. The molecule has 1 spiro atoms. The number of carbonyl (C=O) groups excluding carboxylic acids is 2. The van der Waals surface area contributed by atoms with E-state index in [0.29, 0.717) is 24.8 Å². The number of rotatable bonds is 3. The van der Waals surface area contributed by atoms with E-state index in [9.17, 15) is 19.8 Å². The molecule has 3 aliphatic rings. The van der Waals surface area contributed by atoms with Gasteiger partial charge in [0, 0.05) is 24.8 Å². The lowest BCUT2D eigenvalue weighted by molar-refractivity contribution is -0.166. The SMILES string of the molecule is C=C1[C@@H](C)[C@H]2[C@H](Cc3ccccc3)NC(=O)[C@]23[C@H](OC(C)=O)C=C[C@](C)(O)CC(C)C/C=C/[C@H]3[C@@H]1O. The van der Waals surface area contributed by atoms with Crippen molar-refractivity contribution in [2.24, 2.45) is 29.1 Å². The number of ether oxygens (including phenoxy) is 1. The van der Waals surface area contributed by atoms with Crippen molar-refractivity contribution in [3.8, 4) is 0 Å². The van der Waals surface area contributed by atoms with Crippen LogP contribution in [0.15, 0.2) is 66.8 Å². The summed E-state index contributed by atoms with van der Waals surface area (Å²) in [6, 6.07) is 9.73. The van der Waals surface area contributed by atoms with Crippen molar-refractivity contribution in [2.75, 3.05) is 0 Å². The molecule has 3 N–H and O–H groups in total. The van der Waals surface area contributed by atoms with Crippen LogP contribution < -0.4 is 5.32 Å². The first-order valence-electron chi connectivity index (χ1n) is 12.9. The third-order valence-corrected chi connectivity index (χ3v) is 8.43. The summed E-state index contributed by atoms with van der Waals surface area (Å²) in [5, 5.41) is 25.8. The summed E-state index contributed by atoms with van der Waals surface area (Å²) in [5.74, 6) is -1.75. The number of hydrogen-bond donors (Lipinski definition) is 3. The Hall–Kier alpha value is -2.70. The van der Waals surface area contributed by atoms with Gasteiger partial charge in [-0.2, -0.15) is 0 Å². The highest BCUT2D eigenvalue weighted by atomic mass is 16.5. The van der Waals surface area contributed by atoms with E-state index in [4.69, 9.17) is 4.74 Å². The summed E-state index contributed by atoms with van der Waals surface area (Å²) in [4.78, 5) is 26.5. The number of aliphatic hydroxyl groups excluding tert-OH is 1. The van der Waals surface area contributed by atoms with E-state index in [1.54, 1.807) is 19.1 Å². The highest BCUT2D eigenvalue weighted by molar-refractivity contribution is 5.89. The Morgan fingerprint density at radius 1 is 1.22 bits per heavy atom. The molecule has 9 atom stereocenters. The van der Waals surface area contributed by atoms with E-state index in [-0.39, 0.29) is 29.7 Å². The number of esters is 1. The minimum absolute atomic E-state index is 0.170. The van der Waals surface area contributed by atoms with Gasteiger partial charge in [-0.25, -0.2) is 0 Å². The molecular weight excluding hydrogens is 454 g/mol. The van der Waals surface area contributed by atoms with E-state index in [0.717, 1.165) is 5.56 Å². The van der Waals surface area contributed by atoms with Crippen molar-refractivity contribution in [2.45, 2.75) is 70.8 Å². The van der Waals surface area contributed by atoms with E-state index in [1.807, 2.05) is 49.4 Å². The van der Waals surface area contributed by atoms with Crippen LogP contribution in [0.25, 0.3) is 0 Å². The zero-order valence-corrected chi connectivity index (χ0v) is 21.7. The summed E-state index contributed by atoms with van der Waals surface area (Å²) in [5.41, 5.74) is -0.635. The average molecular weight is 494 g/mol. The van der Waals surface area contributed by atoms with Crippen LogP contribution in [-0.4, -0.2) is 45.9 Å². The van der Waals surface area contributed by atoms with Gasteiger partial charge in [-0.3, -0.25) is 9.59 Å². The largest absolute Gasteiger partial charge is 0.457 e. The van der Waals surface area contributed by atoms with Crippen LogP contribution in [0.4, 0.5) is 0 Å². The summed E-state index contributed by atoms with van der Waals surface area (Å²) in [7, 11) is 0. The molecule has 0 radical (unpaired) electrons. The van der Waals surface area contributed by atoms with E-state index < -0.39 is 35.1 Å². The first-order chi connectivity index (χ1) is 17.0. The number of hydrogen-bond acceptors (Lipinski definition) is 5. The quantitative estimate of drug-likeness (QED) is 0.440. The van der Waals surface area contributed by atoms with E-state index >= 15 is 0 Å². The predicted octanol–water partition coefficient (Wildman–Crippen LogP) is 3.74. The Kier molecular flexibility index (Phi) is 7.31. The number of benzene rings is 1. The number of nitrogens with one attached hydrogen (secondary N) is 1. The van der Waals surface area contributed by atoms with E-state index in [1.165, 1.54) is 6.92 Å². The summed E-state index contributed by atoms with van der Waals surface area (Å²) in [6.07, 6.45) is 7.09. The lowest BCUT2D eigenvalue weighted by atomic mass is 9.51. The lowest BCUT2D eigenvalue weighted by Crippen LogP contribution is -2.60. The Labute approximate surface area is 214 Å². The Morgan fingerprint density at radius 2 is 1.92 bits per heavy atom. The van der Waals surface area contributed by atoms with E-state index in [2.05, 4.69) is 18.8 Å². The molecule has 194 valence electrons. The maximum absolute atomic E-state index is 14.2. The molecule has 6 nitrogen and oxygen atoms in total. The Morgan fingerprint density at radius 3 is 2.58 bits per heavy atom. The van der Waals surface area contributed by atoms with Crippen molar-refractivity contribution in [1.82, 2.24) is 5.32 Å². The number of allylic oxidation sites excluding steroid dienone is 1. The minimum atomic E-state index is -1.26. The number of amides is 1. The molecule has 1 amide bonds. The fourth-order valence-electron chi connectivity index (χ4n) is 6.90. The van der Waals surface area contributed by atoms with Crippen LogP contribution in [-0.2, 0) is 20.7 Å². The Balaban J connectivity index is 1.92. The highest BCUT2D eigenvalue weighted by Crippen LogP contribution is 2.58. The molecular formula is C30H39NO5. The maximum atomic E-state index is 14.2. The molecule has 0 aromatic heterocycles. The zero-order chi connectivity index (χ0) is 26.3. The maximum Gasteiger partial charge on any atom is 0.303 e. The first kappa shape index (κ1) is 26.4. The van der Waals surface area contributed by atoms with Crippen LogP contribution in [0.2, 0.25) is 0 Å². The molecule has 1 aliphatic heterocycles. The molecule has 2 fully saturated rings. The lowest BCUT2D eigenvalue weighted by Gasteiger charge is -2.52. The average Bonchev–Trinajstić information content (AvgIpc) is 3.08. The van der Waals surface area contributed by atoms with Gasteiger partial charge in [0.05, 0.1) is 11.7 Å². The molecule has 1 aromatic rings.